The van der Waals surface area contributed by atoms with Gasteiger partial charge in [0.2, 0.25) is 0 Å². The molecular weight excluding hydrogens is 212 g/mol. The summed E-state index contributed by atoms with van der Waals surface area (Å²) >= 11 is 5.82. The van der Waals surface area contributed by atoms with Gasteiger partial charge < -0.3 is 15.7 Å². The number of nitrogens with zero attached hydrogens (tertiary/aromatic N) is 1. The van der Waals surface area contributed by atoms with Crippen molar-refractivity contribution in [3.8, 4) is 0 Å². The number of aliphatic hydroxyl groups excluding tert-OH is 1. The molecule has 2 atom stereocenters. The second kappa shape index (κ2) is 4.39. The first-order chi connectivity index (χ1) is 7.18. The molecule has 0 amide bonds. The Morgan fingerprint density at radius 2 is 2.07 bits per heavy atom. The van der Waals surface area contributed by atoms with Crippen LogP contribution < -0.4 is 10.6 Å². The highest BCUT2D eigenvalue weighted by Crippen LogP contribution is 2.27. The molecule has 1 heterocycles. The quantitative estimate of drug-likeness (QED) is 0.753. The van der Waals surface area contributed by atoms with Crippen molar-refractivity contribution in [1.29, 1.82) is 0 Å². The standard InChI is InChI=1S/C11H15ClN2O/c12-8-3-5-9(6-4-8)14-7-1-2-10(14)11(13)15/h3-6,10-11,15H,1-2,7,13H2/t10-,11?/m0/s1. The molecule has 0 spiro atoms. The highest BCUT2D eigenvalue weighted by molar-refractivity contribution is 6.30. The van der Waals surface area contributed by atoms with Crippen molar-refractivity contribution >= 4 is 17.3 Å². The third-order valence-corrected chi connectivity index (χ3v) is 3.10. The lowest BCUT2D eigenvalue weighted by molar-refractivity contribution is 0.152. The summed E-state index contributed by atoms with van der Waals surface area (Å²) in [5.41, 5.74) is 6.62. The van der Waals surface area contributed by atoms with Crippen LogP contribution in [0.3, 0.4) is 0 Å². The van der Waals surface area contributed by atoms with Gasteiger partial charge in [-0.2, -0.15) is 0 Å². The number of hydrogen-bond donors (Lipinski definition) is 2. The van der Waals surface area contributed by atoms with E-state index >= 15 is 0 Å². The lowest BCUT2D eigenvalue weighted by Crippen LogP contribution is -2.44. The maximum atomic E-state index is 9.45. The average Bonchev–Trinajstić information content (AvgIpc) is 2.67. The first-order valence-corrected chi connectivity index (χ1v) is 5.52. The molecule has 2 rings (SSSR count). The molecule has 1 saturated heterocycles. The monoisotopic (exact) mass is 226 g/mol. The van der Waals surface area contributed by atoms with Crippen molar-refractivity contribution in [3.05, 3.63) is 29.3 Å². The van der Waals surface area contributed by atoms with E-state index in [1.807, 2.05) is 24.3 Å². The molecule has 15 heavy (non-hydrogen) atoms. The number of halogens is 1. The van der Waals surface area contributed by atoms with Crippen molar-refractivity contribution < 1.29 is 5.11 Å². The molecule has 0 radical (unpaired) electrons. The fraction of sp³-hybridized carbons (Fsp3) is 0.455. The van der Waals surface area contributed by atoms with Crippen LogP contribution in [0.5, 0.6) is 0 Å². The van der Waals surface area contributed by atoms with Crippen molar-refractivity contribution in [2.45, 2.75) is 25.1 Å². The highest BCUT2D eigenvalue weighted by atomic mass is 35.5. The van der Waals surface area contributed by atoms with Crippen LogP contribution in [0.1, 0.15) is 12.8 Å². The molecule has 0 aromatic heterocycles. The van der Waals surface area contributed by atoms with Crippen LogP contribution in [0.25, 0.3) is 0 Å². The van der Waals surface area contributed by atoms with E-state index in [1.165, 1.54) is 0 Å². The summed E-state index contributed by atoms with van der Waals surface area (Å²) in [6.07, 6.45) is 1.24. The third-order valence-electron chi connectivity index (χ3n) is 2.85. The van der Waals surface area contributed by atoms with Gasteiger partial charge in [-0.3, -0.25) is 0 Å². The lowest BCUT2D eigenvalue weighted by atomic mass is 10.2. The summed E-state index contributed by atoms with van der Waals surface area (Å²) in [5, 5.41) is 10.2. The molecule has 1 aliphatic heterocycles. The van der Waals surface area contributed by atoms with Gasteiger partial charge in [-0.05, 0) is 37.1 Å². The zero-order valence-corrected chi connectivity index (χ0v) is 9.19. The fourth-order valence-electron chi connectivity index (χ4n) is 2.10. The summed E-state index contributed by atoms with van der Waals surface area (Å²) in [4.78, 5) is 2.14. The van der Waals surface area contributed by atoms with Crippen LogP contribution in [-0.2, 0) is 0 Å². The van der Waals surface area contributed by atoms with Crippen molar-refractivity contribution in [1.82, 2.24) is 0 Å². The first kappa shape index (κ1) is 10.7. The molecule has 1 aromatic carbocycles. The molecule has 4 heteroatoms. The van der Waals surface area contributed by atoms with E-state index in [0.717, 1.165) is 30.1 Å². The molecular formula is C11H15ClN2O. The molecule has 0 aliphatic carbocycles. The van der Waals surface area contributed by atoms with Crippen LogP contribution in [0.2, 0.25) is 5.02 Å². The molecule has 82 valence electrons. The van der Waals surface area contributed by atoms with E-state index in [-0.39, 0.29) is 6.04 Å². The zero-order valence-electron chi connectivity index (χ0n) is 8.44. The minimum absolute atomic E-state index is 0.0335. The fourth-order valence-corrected chi connectivity index (χ4v) is 2.23. The predicted octanol–water partition coefficient (Wildman–Crippen LogP) is 1.59. The largest absolute Gasteiger partial charge is 0.377 e. The maximum absolute atomic E-state index is 9.45. The highest BCUT2D eigenvalue weighted by Gasteiger charge is 2.28. The van der Waals surface area contributed by atoms with E-state index in [4.69, 9.17) is 17.3 Å². The SMILES string of the molecule is NC(O)[C@@H]1CCCN1c1ccc(Cl)cc1. The summed E-state index contributed by atoms with van der Waals surface area (Å²) in [5.74, 6) is 0. The Morgan fingerprint density at radius 3 is 2.67 bits per heavy atom. The first-order valence-electron chi connectivity index (χ1n) is 5.14. The van der Waals surface area contributed by atoms with Gasteiger partial charge in [0.05, 0.1) is 6.04 Å². The second-order valence-electron chi connectivity index (χ2n) is 3.87. The summed E-state index contributed by atoms with van der Waals surface area (Å²) in [6.45, 7) is 0.945. The smallest absolute Gasteiger partial charge is 0.122 e. The van der Waals surface area contributed by atoms with Crippen LogP contribution in [-0.4, -0.2) is 23.9 Å². The Hall–Kier alpha value is -0.770. The number of aliphatic hydroxyl groups is 1. The van der Waals surface area contributed by atoms with Gasteiger partial charge in [0, 0.05) is 17.3 Å². The molecule has 1 fully saturated rings. The van der Waals surface area contributed by atoms with Gasteiger partial charge in [0.1, 0.15) is 6.23 Å². The summed E-state index contributed by atoms with van der Waals surface area (Å²) in [7, 11) is 0. The van der Waals surface area contributed by atoms with Gasteiger partial charge in [-0.15, -0.1) is 0 Å². The van der Waals surface area contributed by atoms with Gasteiger partial charge in [0.15, 0.2) is 0 Å². The van der Waals surface area contributed by atoms with Crippen LogP contribution in [0.15, 0.2) is 24.3 Å². The molecule has 3 nitrogen and oxygen atoms in total. The number of anilines is 1. The van der Waals surface area contributed by atoms with Gasteiger partial charge in [-0.1, -0.05) is 11.6 Å². The van der Waals surface area contributed by atoms with E-state index in [2.05, 4.69) is 4.90 Å². The molecule has 1 aliphatic rings. The Labute approximate surface area is 94.4 Å². The van der Waals surface area contributed by atoms with Crippen molar-refractivity contribution in [2.24, 2.45) is 5.73 Å². The number of rotatable bonds is 2. The Kier molecular flexibility index (Phi) is 3.14. The maximum Gasteiger partial charge on any atom is 0.122 e. The van der Waals surface area contributed by atoms with Crippen LogP contribution >= 0.6 is 11.6 Å². The Balaban J connectivity index is 2.19. The molecule has 0 bridgehead atoms. The number of benzene rings is 1. The van der Waals surface area contributed by atoms with Gasteiger partial charge in [-0.25, -0.2) is 0 Å². The minimum Gasteiger partial charge on any atom is -0.377 e. The lowest BCUT2D eigenvalue weighted by Gasteiger charge is -2.28. The van der Waals surface area contributed by atoms with E-state index in [1.54, 1.807) is 0 Å². The van der Waals surface area contributed by atoms with E-state index in [9.17, 15) is 5.11 Å². The average molecular weight is 227 g/mol. The minimum atomic E-state index is -0.775. The zero-order chi connectivity index (χ0) is 10.8. The van der Waals surface area contributed by atoms with Gasteiger partial charge in [0.25, 0.3) is 0 Å². The molecule has 1 aromatic rings. The Morgan fingerprint density at radius 1 is 1.40 bits per heavy atom. The van der Waals surface area contributed by atoms with Crippen molar-refractivity contribution in [2.75, 3.05) is 11.4 Å². The second-order valence-corrected chi connectivity index (χ2v) is 4.31. The van der Waals surface area contributed by atoms with E-state index < -0.39 is 6.23 Å². The van der Waals surface area contributed by atoms with Crippen LogP contribution in [0.4, 0.5) is 5.69 Å². The topological polar surface area (TPSA) is 49.5 Å². The number of nitrogens with two attached hydrogens (primary N) is 1. The third kappa shape index (κ3) is 2.25. The van der Waals surface area contributed by atoms with E-state index in [0.29, 0.717) is 0 Å². The van der Waals surface area contributed by atoms with Crippen molar-refractivity contribution in [3.63, 3.8) is 0 Å². The molecule has 1 unspecified atom stereocenters. The normalized spacial score (nSPS) is 23.1. The Bertz CT molecular complexity index is 326. The van der Waals surface area contributed by atoms with Crippen LogP contribution in [0, 0.1) is 0 Å². The number of hydrogen-bond acceptors (Lipinski definition) is 3. The molecule has 0 saturated carbocycles. The summed E-state index contributed by atoms with van der Waals surface area (Å²) < 4.78 is 0. The predicted molar refractivity (Wildman–Crippen MR) is 62.0 cm³/mol. The van der Waals surface area contributed by atoms with Gasteiger partial charge >= 0.3 is 0 Å². The summed E-state index contributed by atoms with van der Waals surface area (Å²) in [6, 6.07) is 7.67. The molecule has 3 N–H and O–H groups in total.